The zero-order valence-corrected chi connectivity index (χ0v) is 7.51. The fourth-order valence-corrected chi connectivity index (χ4v) is 0.211. The molecule has 13 heavy (non-hydrogen) atoms. The summed E-state index contributed by atoms with van der Waals surface area (Å²) in [5.41, 5.74) is -0.516. The van der Waals surface area contributed by atoms with Crippen molar-refractivity contribution in [2.75, 3.05) is 0 Å². The first kappa shape index (κ1) is 12.7. The molecule has 0 saturated heterocycles. The average molecular weight is 200 g/mol. The Kier molecular flexibility index (Phi) is 6.94. The van der Waals surface area contributed by atoms with Crippen LogP contribution in [0.4, 0.5) is 0 Å². The van der Waals surface area contributed by atoms with Crippen molar-refractivity contribution in [3.8, 4) is 0 Å². The van der Waals surface area contributed by atoms with Crippen LogP contribution in [-0.2, 0) is 35.1 Å². The average Bonchev–Trinajstić information content (AvgIpc) is 2.11. The van der Waals surface area contributed by atoms with E-state index in [-0.39, 0.29) is 0 Å². The third-order valence-electron chi connectivity index (χ3n) is 1.25. The zero-order chi connectivity index (χ0) is 10.2. The Balaban J connectivity index is 3.16. The first-order chi connectivity index (χ1) is 6.12. The highest BCUT2D eigenvalue weighted by Gasteiger charge is 2.17. The van der Waals surface area contributed by atoms with Crippen molar-refractivity contribution in [2.45, 2.75) is 32.8 Å². The van der Waals surface area contributed by atoms with Crippen LogP contribution >= 0.6 is 0 Å². The summed E-state index contributed by atoms with van der Waals surface area (Å²) >= 11 is 0. The largest absolute Gasteiger partial charge is 0.219 e. The summed E-state index contributed by atoms with van der Waals surface area (Å²) in [4.78, 5) is 4.67. The summed E-state index contributed by atoms with van der Waals surface area (Å²) in [5, 5.41) is 29.0. The van der Waals surface area contributed by atoms with Gasteiger partial charge in [-0.1, -0.05) is 6.92 Å². The van der Waals surface area contributed by atoms with Crippen molar-refractivity contribution < 1.29 is 40.4 Å². The smallest absolute Gasteiger partial charge is 0.101 e. The minimum Gasteiger partial charge on any atom is -0.219 e. The highest BCUT2D eigenvalue weighted by atomic mass is 17.9. The van der Waals surface area contributed by atoms with E-state index in [1.54, 1.807) is 13.8 Å². The van der Waals surface area contributed by atoms with Crippen LogP contribution < -0.4 is 0 Å². The van der Waals surface area contributed by atoms with Crippen molar-refractivity contribution in [3.05, 3.63) is 0 Å². The number of hydrogen-bond donors (Lipinski definition) is 1. The third kappa shape index (κ3) is 8.02. The van der Waals surface area contributed by atoms with Gasteiger partial charge in [0.15, 0.2) is 0 Å². The quantitative estimate of drug-likeness (QED) is 0.356. The van der Waals surface area contributed by atoms with E-state index in [0.717, 1.165) is 0 Å². The van der Waals surface area contributed by atoms with Gasteiger partial charge in [0.2, 0.25) is 0 Å². The van der Waals surface area contributed by atoms with E-state index in [4.69, 9.17) is 5.26 Å². The van der Waals surface area contributed by atoms with Crippen LogP contribution in [0.5, 0.6) is 0 Å². The fourth-order valence-electron chi connectivity index (χ4n) is 0.211. The maximum atomic E-state index is 7.54. The molecule has 0 aromatic rings. The molecule has 0 aliphatic rings. The lowest BCUT2D eigenvalue weighted by Crippen LogP contribution is -2.23. The monoisotopic (exact) mass is 200 g/mol. The lowest BCUT2D eigenvalue weighted by atomic mass is 10.1. The molecule has 0 unspecified atom stereocenters. The Labute approximate surface area is 74.3 Å². The molecule has 0 aromatic carbocycles. The molecule has 1 N–H and O–H groups in total. The second-order valence-electron chi connectivity index (χ2n) is 2.61. The second kappa shape index (κ2) is 7.12. The van der Waals surface area contributed by atoms with Gasteiger partial charge in [-0.05, 0) is 50.5 Å². The maximum absolute atomic E-state index is 7.54. The van der Waals surface area contributed by atoms with Gasteiger partial charge < -0.3 is 0 Å². The van der Waals surface area contributed by atoms with Crippen LogP contribution in [-0.4, -0.2) is 10.9 Å². The lowest BCUT2D eigenvalue weighted by molar-refractivity contribution is -0.815. The summed E-state index contributed by atoms with van der Waals surface area (Å²) in [6.07, 6.45) is 0.702. The molecule has 0 aromatic heterocycles. The van der Waals surface area contributed by atoms with Gasteiger partial charge in [-0.2, -0.15) is 4.89 Å². The molecular formula is C5H12O8. The summed E-state index contributed by atoms with van der Waals surface area (Å²) in [6.45, 7) is 5.43. The fraction of sp³-hybridized carbons (Fsp3) is 1.00. The van der Waals surface area contributed by atoms with E-state index in [1.165, 1.54) is 0 Å². The molecule has 0 amide bonds. The predicted molar refractivity (Wildman–Crippen MR) is 34.6 cm³/mol. The Morgan fingerprint density at radius 3 is 2.08 bits per heavy atom. The summed E-state index contributed by atoms with van der Waals surface area (Å²) in [7, 11) is 0. The Morgan fingerprint density at radius 1 is 1.00 bits per heavy atom. The van der Waals surface area contributed by atoms with Gasteiger partial charge in [-0.25, -0.2) is 5.26 Å². The van der Waals surface area contributed by atoms with Gasteiger partial charge in [0.05, 0.1) is 0 Å². The van der Waals surface area contributed by atoms with Gasteiger partial charge in [0.25, 0.3) is 0 Å². The van der Waals surface area contributed by atoms with Gasteiger partial charge in [-0.15, -0.1) is 0 Å². The second-order valence-corrected chi connectivity index (χ2v) is 2.61. The molecule has 8 nitrogen and oxygen atoms in total. The summed E-state index contributed by atoms with van der Waals surface area (Å²) < 4.78 is 0. The van der Waals surface area contributed by atoms with E-state index in [0.29, 0.717) is 6.42 Å². The van der Waals surface area contributed by atoms with Crippen molar-refractivity contribution in [3.63, 3.8) is 0 Å². The minimum atomic E-state index is -0.516. The molecule has 8 heteroatoms. The van der Waals surface area contributed by atoms with Crippen molar-refractivity contribution in [1.29, 1.82) is 0 Å². The topological polar surface area (TPSA) is 84.8 Å². The van der Waals surface area contributed by atoms with E-state index in [9.17, 15) is 0 Å². The summed E-state index contributed by atoms with van der Waals surface area (Å²) in [6, 6.07) is 0. The van der Waals surface area contributed by atoms with Crippen LogP contribution in [0.2, 0.25) is 0 Å². The SMILES string of the molecule is CCC(C)(C)OOOOOOOO. The molecule has 0 atom stereocenters. The van der Waals surface area contributed by atoms with Gasteiger partial charge in [0, 0.05) is 0 Å². The van der Waals surface area contributed by atoms with Crippen LogP contribution in [0.3, 0.4) is 0 Å². The zero-order valence-electron chi connectivity index (χ0n) is 7.51. The lowest BCUT2D eigenvalue weighted by Gasteiger charge is -2.18. The maximum Gasteiger partial charge on any atom is 0.101 e. The molecule has 0 spiro atoms. The van der Waals surface area contributed by atoms with E-state index < -0.39 is 5.60 Å². The molecule has 0 saturated carbocycles. The Morgan fingerprint density at radius 2 is 1.54 bits per heavy atom. The minimum absolute atomic E-state index is 0.516. The van der Waals surface area contributed by atoms with E-state index in [2.05, 4.69) is 35.1 Å². The first-order valence-electron chi connectivity index (χ1n) is 3.45. The molecule has 0 bridgehead atoms. The molecule has 0 radical (unpaired) electrons. The standard InChI is InChI=1S/C5H12O8/c1-4-5(2,3)7-9-11-13-12-10-8-6/h6H,4H2,1-3H3. The first-order valence-corrected chi connectivity index (χ1v) is 3.45. The predicted octanol–water partition coefficient (Wildman–Crippen LogP) is 1.25. The molecule has 0 aliphatic carbocycles. The molecule has 0 rings (SSSR count). The highest BCUT2D eigenvalue weighted by molar-refractivity contribution is 4.61. The Hall–Kier alpha value is -0.320. The molecule has 0 fully saturated rings. The van der Waals surface area contributed by atoms with Gasteiger partial charge >= 0.3 is 0 Å². The van der Waals surface area contributed by atoms with E-state index >= 15 is 0 Å². The molecule has 80 valence electrons. The normalized spacial score (nSPS) is 12.0. The van der Waals surface area contributed by atoms with Crippen LogP contribution in [0.15, 0.2) is 0 Å². The van der Waals surface area contributed by atoms with Gasteiger partial charge in [-0.3, -0.25) is 0 Å². The third-order valence-corrected chi connectivity index (χ3v) is 1.25. The Bertz CT molecular complexity index is 115. The van der Waals surface area contributed by atoms with E-state index in [1.807, 2.05) is 6.92 Å². The van der Waals surface area contributed by atoms with Crippen LogP contribution in [0, 0.1) is 0 Å². The molecular weight excluding hydrogens is 188 g/mol. The van der Waals surface area contributed by atoms with Crippen molar-refractivity contribution >= 4 is 0 Å². The highest BCUT2D eigenvalue weighted by Crippen LogP contribution is 2.13. The number of rotatable bonds is 8. The molecule has 0 aliphatic heterocycles. The van der Waals surface area contributed by atoms with Crippen LogP contribution in [0.25, 0.3) is 0 Å². The number of hydrogen-bond acceptors (Lipinski definition) is 8. The molecule has 0 heterocycles. The van der Waals surface area contributed by atoms with Crippen LogP contribution in [0.1, 0.15) is 27.2 Å². The summed E-state index contributed by atoms with van der Waals surface area (Å²) in [5.74, 6) is 0. The van der Waals surface area contributed by atoms with Crippen molar-refractivity contribution in [1.82, 2.24) is 0 Å². The van der Waals surface area contributed by atoms with Gasteiger partial charge in [0.1, 0.15) is 5.60 Å². The van der Waals surface area contributed by atoms with Crippen molar-refractivity contribution in [2.24, 2.45) is 0 Å².